The average molecular weight is 399 g/mol. The number of likely N-dealkylation sites (tertiary alicyclic amines) is 1. The zero-order chi connectivity index (χ0) is 18.9. The van der Waals surface area contributed by atoms with Gasteiger partial charge >= 0.3 is 6.03 Å². The molecule has 0 bridgehead atoms. The van der Waals surface area contributed by atoms with Crippen molar-refractivity contribution in [3.8, 4) is 0 Å². The quantitative estimate of drug-likeness (QED) is 0.747. The van der Waals surface area contributed by atoms with E-state index in [0.29, 0.717) is 24.7 Å². The first-order valence-electron chi connectivity index (χ1n) is 8.70. The number of carbonyl (C=O) groups excluding carboxylic acids is 3. The minimum absolute atomic E-state index is 0. The second kappa shape index (κ2) is 8.22. The van der Waals surface area contributed by atoms with E-state index in [0.717, 1.165) is 17.7 Å². The van der Waals surface area contributed by atoms with Gasteiger partial charge in [-0.1, -0.05) is 12.1 Å². The van der Waals surface area contributed by atoms with E-state index in [1.807, 2.05) is 7.05 Å². The molecule has 2 heterocycles. The van der Waals surface area contributed by atoms with Crippen molar-refractivity contribution in [3.63, 3.8) is 0 Å². The molecule has 4 amide bonds. The maximum atomic E-state index is 13.1. The van der Waals surface area contributed by atoms with E-state index in [2.05, 4.69) is 10.6 Å². The molecule has 148 valence electrons. The van der Waals surface area contributed by atoms with Crippen molar-refractivity contribution in [1.29, 1.82) is 0 Å². The normalized spacial score (nSPS) is 23.2. The highest BCUT2D eigenvalue weighted by Gasteiger charge is 2.49. The molecule has 7 nitrogen and oxygen atoms in total. The highest BCUT2D eigenvalue weighted by atomic mass is 35.5. The number of nitrogens with one attached hydrogen (secondary N) is 2. The largest absolute Gasteiger partial charge is 0.341 e. The van der Waals surface area contributed by atoms with Crippen LogP contribution in [0.3, 0.4) is 0 Å². The van der Waals surface area contributed by atoms with Gasteiger partial charge in [0.25, 0.3) is 5.91 Å². The van der Waals surface area contributed by atoms with Crippen molar-refractivity contribution in [2.45, 2.75) is 31.3 Å². The Hall–Kier alpha value is -2.19. The second-order valence-electron chi connectivity index (χ2n) is 6.90. The van der Waals surface area contributed by atoms with Gasteiger partial charge in [0, 0.05) is 19.1 Å². The summed E-state index contributed by atoms with van der Waals surface area (Å²) in [6, 6.07) is 5.17. The molecule has 0 spiro atoms. The summed E-state index contributed by atoms with van der Waals surface area (Å²) in [5, 5.41) is 5.81. The van der Waals surface area contributed by atoms with Crippen molar-refractivity contribution in [3.05, 3.63) is 35.6 Å². The molecule has 0 aliphatic carbocycles. The van der Waals surface area contributed by atoms with E-state index in [9.17, 15) is 18.8 Å². The number of piperidine rings is 1. The van der Waals surface area contributed by atoms with Crippen LogP contribution in [0.15, 0.2) is 24.3 Å². The monoisotopic (exact) mass is 398 g/mol. The zero-order valence-corrected chi connectivity index (χ0v) is 16.1. The van der Waals surface area contributed by atoms with E-state index < -0.39 is 23.3 Å². The molecule has 1 aromatic carbocycles. The van der Waals surface area contributed by atoms with Gasteiger partial charge in [0.1, 0.15) is 17.9 Å². The fourth-order valence-electron chi connectivity index (χ4n) is 3.47. The van der Waals surface area contributed by atoms with Crippen LogP contribution >= 0.6 is 12.4 Å². The van der Waals surface area contributed by atoms with Crippen LogP contribution in [0.4, 0.5) is 9.18 Å². The highest BCUT2D eigenvalue weighted by Crippen LogP contribution is 2.29. The van der Waals surface area contributed by atoms with Gasteiger partial charge in [0.05, 0.1) is 0 Å². The molecule has 2 fully saturated rings. The number of carbonyl (C=O) groups is 3. The van der Waals surface area contributed by atoms with Gasteiger partial charge < -0.3 is 15.5 Å². The van der Waals surface area contributed by atoms with Crippen LogP contribution in [-0.2, 0) is 15.1 Å². The SMILES string of the molecule is CNC1CCN(C(=O)CN2C(=O)NC(C)(c3ccc(F)cc3)C2=O)CC1.Cl. The summed E-state index contributed by atoms with van der Waals surface area (Å²) in [7, 11) is 1.89. The van der Waals surface area contributed by atoms with Gasteiger partial charge in [-0.3, -0.25) is 14.5 Å². The second-order valence-corrected chi connectivity index (χ2v) is 6.90. The summed E-state index contributed by atoms with van der Waals surface area (Å²) in [5.41, 5.74) is -0.827. The number of amides is 4. The van der Waals surface area contributed by atoms with Crippen LogP contribution in [0.1, 0.15) is 25.3 Å². The molecular formula is C18H24ClFN4O3. The Balaban J connectivity index is 0.00000261. The van der Waals surface area contributed by atoms with Gasteiger partial charge in [-0.2, -0.15) is 0 Å². The molecule has 0 saturated carbocycles. The van der Waals surface area contributed by atoms with Gasteiger partial charge in [-0.15, -0.1) is 12.4 Å². The molecule has 27 heavy (non-hydrogen) atoms. The van der Waals surface area contributed by atoms with Crippen LogP contribution in [0.2, 0.25) is 0 Å². The average Bonchev–Trinajstić information content (AvgIpc) is 2.86. The van der Waals surface area contributed by atoms with Crippen LogP contribution in [0.5, 0.6) is 0 Å². The lowest BCUT2D eigenvalue weighted by Crippen LogP contribution is -2.48. The number of rotatable bonds is 4. The number of hydrogen-bond acceptors (Lipinski definition) is 4. The third-order valence-electron chi connectivity index (χ3n) is 5.25. The van der Waals surface area contributed by atoms with Crippen LogP contribution in [-0.4, -0.2) is 60.4 Å². The Bertz CT molecular complexity index is 722. The fourth-order valence-corrected chi connectivity index (χ4v) is 3.47. The summed E-state index contributed by atoms with van der Waals surface area (Å²) in [6.45, 7) is 2.47. The van der Waals surface area contributed by atoms with E-state index in [4.69, 9.17) is 0 Å². The molecular weight excluding hydrogens is 375 g/mol. The lowest BCUT2D eigenvalue weighted by Gasteiger charge is -2.32. The van der Waals surface area contributed by atoms with Crippen molar-refractivity contribution in [2.75, 3.05) is 26.7 Å². The van der Waals surface area contributed by atoms with E-state index in [1.165, 1.54) is 24.3 Å². The number of urea groups is 1. The van der Waals surface area contributed by atoms with Gasteiger partial charge in [-0.05, 0) is 44.5 Å². The number of nitrogens with zero attached hydrogens (tertiary/aromatic N) is 2. The van der Waals surface area contributed by atoms with E-state index in [-0.39, 0.29) is 24.9 Å². The zero-order valence-electron chi connectivity index (χ0n) is 15.3. The first-order chi connectivity index (χ1) is 12.3. The number of imide groups is 1. The number of benzene rings is 1. The Kier molecular flexibility index (Phi) is 6.43. The molecule has 2 aliphatic rings. The summed E-state index contributed by atoms with van der Waals surface area (Å²) in [4.78, 5) is 40.2. The Morgan fingerprint density at radius 3 is 2.41 bits per heavy atom. The predicted molar refractivity (Wildman–Crippen MR) is 99.9 cm³/mol. The fraction of sp³-hybridized carbons (Fsp3) is 0.500. The summed E-state index contributed by atoms with van der Waals surface area (Å²) < 4.78 is 13.1. The molecule has 2 aliphatic heterocycles. The van der Waals surface area contributed by atoms with Gasteiger partial charge in [0.2, 0.25) is 5.91 Å². The maximum absolute atomic E-state index is 13.1. The molecule has 2 saturated heterocycles. The van der Waals surface area contributed by atoms with E-state index in [1.54, 1.807) is 11.8 Å². The third kappa shape index (κ3) is 4.06. The molecule has 1 unspecified atom stereocenters. The Morgan fingerprint density at radius 1 is 1.26 bits per heavy atom. The molecule has 2 N–H and O–H groups in total. The third-order valence-corrected chi connectivity index (χ3v) is 5.25. The first-order valence-corrected chi connectivity index (χ1v) is 8.70. The topological polar surface area (TPSA) is 81.8 Å². The summed E-state index contributed by atoms with van der Waals surface area (Å²) in [6.07, 6.45) is 1.69. The lowest BCUT2D eigenvalue weighted by molar-refractivity contribution is -0.139. The smallest absolute Gasteiger partial charge is 0.325 e. The minimum atomic E-state index is -1.30. The molecule has 1 aromatic rings. The van der Waals surface area contributed by atoms with Crippen LogP contribution in [0.25, 0.3) is 0 Å². The van der Waals surface area contributed by atoms with Crippen molar-refractivity contribution in [2.24, 2.45) is 0 Å². The minimum Gasteiger partial charge on any atom is -0.341 e. The van der Waals surface area contributed by atoms with Gasteiger partial charge in [-0.25, -0.2) is 9.18 Å². The first kappa shape index (κ1) is 21.1. The van der Waals surface area contributed by atoms with Crippen molar-refractivity contribution >= 4 is 30.3 Å². The van der Waals surface area contributed by atoms with Crippen LogP contribution < -0.4 is 10.6 Å². The standard InChI is InChI=1S/C18H23FN4O3.ClH/c1-18(12-3-5-13(19)6-4-12)16(25)23(17(26)21-18)11-15(24)22-9-7-14(20-2)8-10-22;/h3-6,14,20H,7-11H2,1-2H3,(H,21,26);1H. The molecule has 1 atom stereocenters. The summed E-state index contributed by atoms with van der Waals surface area (Å²) in [5.74, 6) is -1.18. The Labute approximate surface area is 163 Å². The lowest BCUT2D eigenvalue weighted by atomic mass is 9.92. The van der Waals surface area contributed by atoms with E-state index >= 15 is 0 Å². The van der Waals surface area contributed by atoms with Crippen molar-refractivity contribution in [1.82, 2.24) is 20.4 Å². The Morgan fingerprint density at radius 2 is 1.85 bits per heavy atom. The summed E-state index contributed by atoms with van der Waals surface area (Å²) >= 11 is 0. The highest BCUT2D eigenvalue weighted by molar-refractivity contribution is 6.09. The maximum Gasteiger partial charge on any atom is 0.325 e. The number of hydrogen-bond donors (Lipinski definition) is 2. The van der Waals surface area contributed by atoms with Gasteiger partial charge in [0.15, 0.2) is 0 Å². The molecule has 3 rings (SSSR count). The molecule has 0 aromatic heterocycles. The molecule has 9 heteroatoms. The number of halogens is 2. The van der Waals surface area contributed by atoms with Crippen LogP contribution in [0, 0.1) is 5.82 Å². The predicted octanol–water partition coefficient (Wildman–Crippen LogP) is 1.22. The van der Waals surface area contributed by atoms with Crippen molar-refractivity contribution < 1.29 is 18.8 Å². The molecule has 0 radical (unpaired) electrons.